The van der Waals surface area contributed by atoms with Gasteiger partial charge in [0.25, 0.3) is 5.92 Å². The molecule has 0 N–H and O–H groups in total. The first kappa shape index (κ1) is 3.96. The van der Waals surface area contributed by atoms with E-state index in [4.69, 9.17) is 0 Å². The predicted molar refractivity (Wildman–Crippen MR) is 14.5 cm³/mol. The summed E-state index contributed by atoms with van der Waals surface area (Å²) in [5, 5.41) is 0. The van der Waals surface area contributed by atoms with Crippen LogP contribution in [0.3, 0.4) is 0 Å². The van der Waals surface area contributed by atoms with E-state index < -0.39 is 18.5 Å². The summed E-state index contributed by atoms with van der Waals surface area (Å²) in [5.74, 6) is -2.96. The molecule has 1 atom stereocenters. The van der Waals surface area contributed by atoms with Crippen LogP contribution in [-0.2, 0) is 0 Å². The Hall–Kier alpha value is -0.210. The highest BCUT2D eigenvalue weighted by molar-refractivity contribution is 4.95. The highest BCUT2D eigenvalue weighted by atomic mass is 19.3. The van der Waals surface area contributed by atoms with Gasteiger partial charge in [-0.3, -0.25) is 0 Å². The molecule has 0 radical (unpaired) electrons. The van der Waals surface area contributed by atoms with Crippen LogP contribution in [0.4, 0.5) is 13.2 Å². The summed E-state index contributed by atoms with van der Waals surface area (Å²) in [5.41, 5.74) is 0. The van der Waals surface area contributed by atoms with E-state index in [0.717, 1.165) is 0 Å². The van der Waals surface area contributed by atoms with Crippen LogP contribution in [0.15, 0.2) is 0 Å². The van der Waals surface area contributed by atoms with Crippen molar-refractivity contribution in [2.45, 2.75) is 18.5 Å². The molecule has 0 amide bonds. The lowest BCUT2D eigenvalue weighted by atomic mass is 10.8. The van der Waals surface area contributed by atoms with Crippen LogP contribution in [-0.4, -0.2) is 12.1 Å². The SMILES string of the molecule is F[C@@H]1CC1(F)F. The van der Waals surface area contributed by atoms with E-state index >= 15 is 0 Å². The minimum atomic E-state index is -2.96. The molecule has 0 spiro atoms. The van der Waals surface area contributed by atoms with Gasteiger partial charge in [-0.1, -0.05) is 0 Å². The largest absolute Gasteiger partial charge is 0.281 e. The van der Waals surface area contributed by atoms with Crippen molar-refractivity contribution in [2.24, 2.45) is 0 Å². The highest BCUT2D eigenvalue weighted by Crippen LogP contribution is 2.44. The van der Waals surface area contributed by atoms with Crippen molar-refractivity contribution in [3.8, 4) is 0 Å². The first-order valence-electron chi connectivity index (χ1n) is 1.65. The average molecular weight is 96.1 g/mol. The van der Waals surface area contributed by atoms with Crippen LogP contribution >= 0.6 is 0 Å². The van der Waals surface area contributed by atoms with Crippen LogP contribution in [0.1, 0.15) is 6.42 Å². The summed E-state index contributed by atoms with van der Waals surface area (Å²) < 4.78 is 33.4. The zero-order chi connectivity index (χ0) is 4.78. The van der Waals surface area contributed by atoms with E-state index in [1.54, 1.807) is 0 Å². The van der Waals surface area contributed by atoms with E-state index in [-0.39, 0.29) is 0 Å². The maximum atomic E-state index is 11.2. The predicted octanol–water partition coefficient (Wildman–Crippen LogP) is 1.36. The second kappa shape index (κ2) is 0.718. The minimum Gasteiger partial charge on any atom is -0.241 e. The second-order valence-electron chi connectivity index (χ2n) is 1.43. The van der Waals surface area contributed by atoms with E-state index in [2.05, 4.69) is 0 Å². The molecule has 0 unspecified atom stereocenters. The van der Waals surface area contributed by atoms with Crippen LogP contribution in [0.2, 0.25) is 0 Å². The zero-order valence-corrected chi connectivity index (χ0v) is 2.92. The fraction of sp³-hybridized carbons (Fsp3) is 1.00. The van der Waals surface area contributed by atoms with Gasteiger partial charge in [-0.25, -0.2) is 13.2 Å². The van der Waals surface area contributed by atoms with Gasteiger partial charge >= 0.3 is 0 Å². The topological polar surface area (TPSA) is 0 Å². The number of hydrogen-bond acceptors (Lipinski definition) is 0. The van der Waals surface area contributed by atoms with Gasteiger partial charge in [-0.05, 0) is 0 Å². The first-order chi connectivity index (χ1) is 2.63. The number of halogens is 3. The standard InChI is InChI=1S/C3H3F3/c4-2-1-3(2,5)6/h2H,1H2/t2-/m1/s1. The Bertz CT molecular complexity index is 68.4. The minimum absolute atomic E-state index is 0.562. The summed E-state index contributed by atoms with van der Waals surface area (Å²) in [7, 11) is 0. The van der Waals surface area contributed by atoms with Crippen molar-refractivity contribution in [1.29, 1.82) is 0 Å². The average Bonchev–Trinajstić information content (AvgIpc) is 1.73. The van der Waals surface area contributed by atoms with Crippen LogP contribution in [0.5, 0.6) is 0 Å². The normalized spacial score (nSPS) is 39.5. The summed E-state index contributed by atoms with van der Waals surface area (Å²) in [4.78, 5) is 0. The van der Waals surface area contributed by atoms with Crippen LogP contribution in [0, 0.1) is 0 Å². The maximum absolute atomic E-state index is 11.2. The third-order valence-corrected chi connectivity index (χ3v) is 0.750. The molecule has 1 saturated carbocycles. The van der Waals surface area contributed by atoms with Gasteiger partial charge in [0.1, 0.15) is 0 Å². The molecule has 6 heavy (non-hydrogen) atoms. The van der Waals surface area contributed by atoms with Gasteiger partial charge in [0.15, 0.2) is 6.17 Å². The van der Waals surface area contributed by atoms with Crippen molar-refractivity contribution < 1.29 is 13.2 Å². The summed E-state index contributed by atoms with van der Waals surface area (Å²) in [6, 6.07) is 0. The molecule has 1 rings (SSSR count). The van der Waals surface area contributed by atoms with Crippen molar-refractivity contribution >= 4 is 0 Å². The van der Waals surface area contributed by atoms with E-state index in [1.807, 2.05) is 0 Å². The summed E-state index contributed by atoms with van der Waals surface area (Å²) in [6.45, 7) is 0. The molecule has 1 fully saturated rings. The van der Waals surface area contributed by atoms with Crippen LogP contribution in [0.25, 0.3) is 0 Å². The van der Waals surface area contributed by atoms with Gasteiger partial charge in [0, 0.05) is 0 Å². The highest BCUT2D eigenvalue weighted by Gasteiger charge is 2.58. The third kappa shape index (κ3) is 0.382. The Morgan fingerprint density at radius 1 is 1.50 bits per heavy atom. The molecule has 36 valence electrons. The molecule has 1 aliphatic carbocycles. The van der Waals surface area contributed by atoms with Crippen molar-refractivity contribution in [3.05, 3.63) is 0 Å². The number of rotatable bonds is 0. The zero-order valence-electron chi connectivity index (χ0n) is 2.92. The van der Waals surface area contributed by atoms with Gasteiger partial charge < -0.3 is 0 Å². The first-order valence-corrected chi connectivity index (χ1v) is 1.65. The van der Waals surface area contributed by atoms with Gasteiger partial charge in [0.05, 0.1) is 6.42 Å². The molecule has 0 heterocycles. The van der Waals surface area contributed by atoms with Gasteiger partial charge in [-0.15, -0.1) is 0 Å². The Labute approximate surface area is 33.0 Å². The molecule has 0 nitrogen and oxygen atoms in total. The molecular formula is C3H3F3. The fourth-order valence-electron chi connectivity index (χ4n) is 0.180. The molecular weight excluding hydrogens is 93.0 g/mol. The lowest BCUT2D eigenvalue weighted by Gasteiger charge is -1.79. The van der Waals surface area contributed by atoms with Crippen molar-refractivity contribution in [2.75, 3.05) is 0 Å². The molecule has 0 aliphatic heterocycles. The number of alkyl halides is 3. The Morgan fingerprint density at radius 3 is 1.67 bits per heavy atom. The molecule has 0 aromatic rings. The maximum Gasteiger partial charge on any atom is 0.281 e. The van der Waals surface area contributed by atoms with Gasteiger partial charge in [-0.2, -0.15) is 0 Å². The smallest absolute Gasteiger partial charge is 0.241 e. The van der Waals surface area contributed by atoms with E-state index in [1.165, 1.54) is 0 Å². The Balaban J connectivity index is 2.41. The third-order valence-electron chi connectivity index (χ3n) is 0.750. The lowest BCUT2D eigenvalue weighted by molar-refractivity contribution is 0.0870. The van der Waals surface area contributed by atoms with Crippen molar-refractivity contribution in [3.63, 3.8) is 0 Å². The van der Waals surface area contributed by atoms with E-state index in [9.17, 15) is 13.2 Å². The molecule has 0 bridgehead atoms. The Kier molecular flexibility index (Phi) is 0.474. The number of hydrogen-bond donors (Lipinski definition) is 0. The summed E-state index contributed by atoms with van der Waals surface area (Å²) in [6.07, 6.45) is -2.40. The molecule has 1 aliphatic rings. The molecule has 0 saturated heterocycles. The molecule has 0 aromatic heterocycles. The quantitative estimate of drug-likeness (QED) is 0.427. The molecule has 3 heteroatoms. The lowest BCUT2D eigenvalue weighted by Crippen LogP contribution is -1.90. The summed E-state index contributed by atoms with van der Waals surface area (Å²) >= 11 is 0. The van der Waals surface area contributed by atoms with Crippen LogP contribution < -0.4 is 0 Å². The van der Waals surface area contributed by atoms with Gasteiger partial charge in [0.2, 0.25) is 0 Å². The van der Waals surface area contributed by atoms with Crippen molar-refractivity contribution in [1.82, 2.24) is 0 Å². The molecule has 0 aromatic carbocycles. The fourth-order valence-corrected chi connectivity index (χ4v) is 0.180. The Morgan fingerprint density at radius 2 is 1.67 bits per heavy atom. The monoisotopic (exact) mass is 96.0 g/mol. The van der Waals surface area contributed by atoms with E-state index in [0.29, 0.717) is 0 Å². The second-order valence-corrected chi connectivity index (χ2v) is 1.43.